The lowest BCUT2D eigenvalue weighted by atomic mass is 9.85. The van der Waals surface area contributed by atoms with E-state index in [4.69, 9.17) is 4.74 Å². The molecule has 0 saturated heterocycles. The number of nitrogens with one attached hydrogen (secondary N) is 1. The van der Waals surface area contributed by atoms with Crippen LogP contribution in [0.15, 0.2) is 54.7 Å². The summed E-state index contributed by atoms with van der Waals surface area (Å²) >= 11 is 0. The lowest BCUT2D eigenvalue weighted by Gasteiger charge is -2.21. The third-order valence-corrected chi connectivity index (χ3v) is 5.53. The van der Waals surface area contributed by atoms with Crippen molar-refractivity contribution in [2.75, 3.05) is 0 Å². The normalized spacial score (nSPS) is 15.5. The highest BCUT2D eigenvalue weighted by molar-refractivity contribution is 5.84. The van der Waals surface area contributed by atoms with Crippen molar-refractivity contribution in [2.24, 2.45) is 5.92 Å². The first-order valence-corrected chi connectivity index (χ1v) is 9.65. The molecule has 1 N–H and O–H groups in total. The molecule has 0 atom stereocenters. The number of hydrogen-bond donors (Lipinski definition) is 1. The highest BCUT2D eigenvalue weighted by Gasteiger charge is 2.14. The zero-order valence-corrected chi connectivity index (χ0v) is 14.8. The molecular formula is C23H27NO. The van der Waals surface area contributed by atoms with Crippen LogP contribution < -0.4 is 4.74 Å². The number of ether oxygens (including phenoxy) is 1. The first-order valence-electron chi connectivity index (χ1n) is 9.65. The first-order chi connectivity index (χ1) is 12.4. The van der Waals surface area contributed by atoms with Crippen LogP contribution in [0.25, 0.3) is 10.9 Å². The van der Waals surface area contributed by atoms with E-state index in [1.807, 2.05) is 6.07 Å². The van der Waals surface area contributed by atoms with E-state index in [9.17, 15) is 0 Å². The second-order valence-corrected chi connectivity index (χ2v) is 7.34. The molecule has 0 bridgehead atoms. The zero-order chi connectivity index (χ0) is 16.9. The molecule has 1 heterocycles. The third kappa shape index (κ3) is 4.07. The molecule has 1 aliphatic carbocycles. The van der Waals surface area contributed by atoms with Crippen LogP contribution in [0.5, 0.6) is 5.75 Å². The van der Waals surface area contributed by atoms with Crippen LogP contribution in [0.2, 0.25) is 0 Å². The molecule has 0 radical (unpaired) electrons. The number of fused-ring (bicyclic) bond motifs is 1. The number of benzene rings is 2. The summed E-state index contributed by atoms with van der Waals surface area (Å²) in [5.41, 5.74) is 3.85. The molecule has 0 unspecified atom stereocenters. The van der Waals surface area contributed by atoms with Crippen molar-refractivity contribution in [3.63, 3.8) is 0 Å². The molecule has 2 aromatic carbocycles. The molecule has 0 spiro atoms. The van der Waals surface area contributed by atoms with Crippen LogP contribution >= 0.6 is 0 Å². The third-order valence-electron chi connectivity index (χ3n) is 5.53. The van der Waals surface area contributed by atoms with Crippen LogP contribution in [-0.2, 0) is 13.0 Å². The van der Waals surface area contributed by atoms with Gasteiger partial charge in [-0.3, -0.25) is 0 Å². The van der Waals surface area contributed by atoms with Gasteiger partial charge in [0, 0.05) is 17.1 Å². The lowest BCUT2D eigenvalue weighted by Crippen LogP contribution is -2.07. The Hall–Kier alpha value is -2.22. The Morgan fingerprint density at radius 2 is 1.80 bits per heavy atom. The van der Waals surface area contributed by atoms with Gasteiger partial charge in [0.25, 0.3) is 0 Å². The Balaban J connectivity index is 1.43. The summed E-state index contributed by atoms with van der Waals surface area (Å²) in [6.45, 7) is 0.619. The van der Waals surface area contributed by atoms with Crippen molar-refractivity contribution in [3.05, 3.63) is 65.9 Å². The number of aromatic amines is 1. The van der Waals surface area contributed by atoms with Crippen LogP contribution in [0.3, 0.4) is 0 Å². The summed E-state index contributed by atoms with van der Waals surface area (Å²) in [5, 5.41) is 1.32. The number of hydrogen-bond acceptors (Lipinski definition) is 1. The Kier molecular flexibility index (Phi) is 5.06. The predicted molar refractivity (Wildman–Crippen MR) is 104 cm³/mol. The van der Waals surface area contributed by atoms with E-state index >= 15 is 0 Å². The average Bonchev–Trinajstić information content (AvgIpc) is 3.09. The van der Waals surface area contributed by atoms with Crippen molar-refractivity contribution < 1.29 is 4.74 Å². The smallest absolute Gasteiger partial charge is 0.120 e. The minimum atomic E-state index is 0.619. The quantitative estimate of drug-likeness (QED) is 0.566. The van der Waals surface area contributed by atoms with Gasteiger partial charge in [0.1, 0.15) is 12.4 Å². The Morgan fingerprint density at radius 1 is 0.960 bits per heavy atom. The molecule has 1 fully saturated rings. The summed E-state index contributed by atoms with van der Waals surface area (Å²) in [7, 11) is 0. The Labute approximate surface area is 150 Å². The number of aromatic nitrogens is 1. The van der Waals surface area contributed by atoms with E-state index in [1.54, 1.807) is 0 Å². The predicted octanol–water partition coefficient (Wildman–Crippen LogP) is 6.26. The van der Waals surface area contributed by atoms with Crippen molar-refractivity contribution in [3.8, 4) is 5.75 Å². The Bertz CT molecular complexity index is 799. The van der Waals surface area contributed by atoms with Crippen LogP contribution in [0, 0.1) is 5.92 Å². The average molecular weight is 333 g/mol. The topological polar surface area (TPSA) is 25.0 Å². The molecule has 1 aliphatic rings. The van der Waals surface area contributed by atoms with Gasteiger partial charge in [-0.25, -0.2) is 0 Å². The number of H-pyrrole nitrogens is 1. The minimum Gasteiger partial charge on any atom is -0.489 e. The van der Waals surface area contributed by atoms with Crippen molar-refractivity contribution in [2.45, 2.75) is 51.6 Å². The number of aryl methyl sites for hydroxylation is 1. The summed E-state index contributed by atoms with van der Waals surface area (Å²) in [6, 6.07) is 16.7. The van der Waals surface area contributed by atoms with Crippen LogP contribution in [-0.4, -0.2) is 4.98 Å². The number of rotatable bonds is 6. The van der Waals surface area contributed by atoms with Gasteiger partial charge in [-0.15, -0.1) is 0 Å². The highest BCUT2D eigenvalue weighted by Crippen LogP contribution is 2.30. The van der Waals surface area contributed by atoms with Gasteiger partial charge in [-0.1, -0.05) is 62.4 Å². The van der Waals surface area contributed by atoms with Gasteiger partial charge in [-0.2, -0.15) is 0 Å². The maximum absolute atomic E-state index is 6.01. The fourth-order valence-electron chi connectivity index (χ4n) is 4.03. The van der Waals surface area contributed by atoms with E-state index in [0.29, 0.717) is 6.61 Å². The molecule has 1 aromatic heterocycles. The maximum Gasteiger partial charge on any atom is 0.120 e. The largest absolute Gasteiger partial charge is 0.489 e. The summed E-state index contributed by atoms with van der Waals surface area (Å²) < 4.78 is 6.01. The highest BCUT2D eigenvalue weighted by atomic mass is 16.5. The second kappa shape index (κ2) is 7.77. The first kappa shape index (κ1) is 16.3. The van der Waals surface area contributed by atoms with E-state index in [2.05, 4.69) is 53.6 Å². The van der Waals surface area contributed by atoms with E-state index in [1.165, 1.54) is 67.0 Å². The molecule has 2 nitrogen and oxygen atoms in total. The fourth-order valence-corrected chi connectivity index (χ4v) is 4.03. The molecular weight excluding hydrogens is 306 g/mol. The van der Waals surface area contributed by atoms with E-state index in [-0.39, 0.29) is 0 Å². The van der Waals surface area contributed by atoms with Gasteiger partial charge in [0.2, 0.25) is 0 Å². The Morgan fingerprint density at radius 3 is 2.64 bits per heavy atom. The van der Waals surface area contributed by atoms with Crippen molar-refractivity contribution in [1.29, 1.82) is 0 Å². The monoisotopic (exact) mass is 333 g/mol. The van der Waals surface area contributed by atoms with Crippen molar-refractivity contribution in [1.82, 2.24) is 4.98 Å². The summed E-state index contributed by atoms with van der Waals surface area (Å²) in [5.74, 6) is 1.88. The SMILES string of the molecule is c1ccc(COc2ccc3[nH]cc(CCC4CCCCC4)c3c2)cc1. The van der Waals surface area contributed by atoms with Gasteiger partial charge >= 0.3 is 0 Å². The standard InChI is InChI=1S/C23H27NO/c1-3-7-18(8-4-1)11-12-20-16-24-23-14-13-21(15-22(20)23)25-17-19-9-5-2-6-10-19/h2,5-6,9-10,13-16,18,24H,1,3-4,7-8,11-12,17H2. The van der Waals surface area contributed by atoms with Crippen LogP contribution in [0.1, 0.15) is 49.7 Å². The fraction of sp³-hybridized carbons (Fsp3) is 0.391. The minimum absolute atomic E-state index is 0.619. The zero-order valence-electron chi connectivity index (χ0n) is 14.8. The van der Waals surface area contributed by atoms with Gasteiger partial charge < -0.3 is 9.72 Å². The molecule has 0 amide bonds. The molecule has 0 aliphatic heterocycles. The molecule has 4 rings (SSSR count). The van der Waals surface area contributed by atoms with Gasteiger partial charge in [0.05, 0.1) is 0 Å². The molecule has 1 saturated carbocycles. The second-order valence-electron chi connectivity index (χ2n) is 7.34. The van der Waals surface area contributed by atoms with E-state index < -0.39 is 0 Å². The molecule has 25 heavy (non-hydrogen) atoms. The summed E-state index contributed by atoms with van der Waals surface area (Å²) in [4.78, 5) is 3.42. The van der Waals surface area contributed by atoms with Crippen LogP contribution in [0.4, 0.5) is 0 Å². The maximum atomic E-state index is 6.01. The molecule has 2 heteroatoms. The van der Waals surface area contributed by atoms with Gasteiger partial charge in [0.15, 0.2) is 0 Å². The van der Waals surface area contributed by atoms with E-state index in [0.717, 1.165) is 11.7 Å². The molecule has 130 valence electrons. The lowest BCUT2D eigenvalue weighted by molar-refractivity contribution is 0.306. The molecule has 3 aromatic rings. The summed E-state index contributed by atoms with van der Waals surface area (Å²) in [6.07, 6.45) is 11.8. The van der Waals surface area contributed by atoms with Crippen molar-refractivity contribution >= 4 is 10.9 Å². The van der Waals surface area contributed by atoms with Gasteiger partial charge in [-0.05, 0) is 48.1 Å².